The average molecular weight is 509 g/mol. The van der Waals surface area contributed by atoms with Crippen molar-refractivity contribution in [3.05, 3.63) is 173 Å². The molecule has 2 nitrogen and oxygen atoms in total. The fourth-order valence-electron chi connectivity index (χ4n) is 4.97. The van der Waals surface area contributed by atoms with Crippen LogP contribution in [0.3, 0.4) is 0 Å². The van der Waals surface area contributed by atoms with Crippen molar-refractivity contribution in [3.8, 4) is 0 Å². The second-order valence-electron chi connectivity index (χ2n) is 9.81. The van der Waals surface area contributed by atoms with Crippen molar-refractivity contribution in [1.29, 1.82) is 0 Å². The maximum absolute atomic E-state index is 5.62. The molecular formula is C37H36N2. The topological polar surface area (TPSA) is 29.3 Å². The van der Waals surface area contributed by atoms with Gasteiger partial charge in [0.05, 0.1) is 0 Å². The van der Waals surface area contributed by atoms with Gasteiger partial charge in [-0.15, -0.1) is 0 Å². The summed E-state index contributed by atoms with van der Waals surface area (Å²) in [6.07, 6.45) is 13.3. The lowest BCUT2D eigenvalue weighted by molar-refractivity contribution is 0.397. The van der Waals surface area contributed by atoms with Crippen molar-refractivity contribution in [3.63, 3.8) is 0 Å². The number of rotatable bonds is 10. The Hall–Kier alpha value is -4.40. The van der Waals surface area contributed by atoms with E-state index in [9.17, 15) is 0 Å². The van der Waals surface area contributed by atoms with Gasteiger partial charge in [-0.1, -0.05) is 133 Å². The molecule has 2 heteroatoms. The van der Waals surface area contributed by atoms with Gasteiger partial charge in [-0.05, 0) is 76.2 Å². The van der Waals surface area contributed by atoms with Crippen LogP contribution >= 0.6 is 0 Å². The SMILES string of the molecule is NCCCCN1C=CC(/C=C/c2ccc(C(=C(c3ccccc3)c3ccccc3)c3ccccc3)cc2)=CC1. The average Bonchev–Trinajstić information content (AvgIpc) is 3.01. The van der Waals surface area contributed by atoms with Gasteiger partial charge in [-0.25, -0.2) is 0 Å². The van der Waals surface area contributed by atoms with Gasteiger partial charge in [0.25, 0.3) is 0 Å². The fraction of sp³-hybridized carbons (Fsp3) is 0.135. The summed E-state index contributed by atoms with van der Waals surface area (Å²) in [5, 5.41) is 0. The van der Waals surface area contributed by atoms with E-state index in [1.807, 2.05) is 0 Å². The first-order valence-corrected chi connectivity index (χ1v) is 13.8. The molecule has 194 valence electrons. The molecule has 0 fully saturated rings. The second kappa shape index (κ2) is 13.4. The van der Waals surface area contributed by atoms with Gasteiger partial charge in [0, 0.05) is 13.1 Å². The molecule has 2 N–H and O–H groups in total. The molecule has 0 aromatic heterocycles. The van der Waals surface area contributed by atoms with Crippen LogP contribution in [0.15, 0.2) is 145 Å². The third kappa shape index (κ3) is 6.93. The molecule has 0 unspecified atom stereocenters. The molecule has 5 rings (SSSR count). The Balaban J connectivity index is 1.46. The van der Waals surface area contributed by atoms with Crippen molar-refractivity contribution < 1.29 is 0 Å². The number of nitrogens with two attached hydrogens (primary N) is 1. The van der Waals surface area contributed by atoms with Gasteiger partial charge in [-0.2, -0.15) is 0 Å². The molecule has 0 spiro atoms. The molecule has 0 amide bonds. The zero-order valence-electron chi connectivity index (χ0n) is 22.4. The van der Waals surface area contributed by atoms with E-state index < -0.39 is 0 Å². The quantitative estimate of drug-likeness (QED) is 0.173. The summed E-state index contributed by atoms with van der Waals surface area (Å²) in [6.45, 7) is 2.78. The first-order chi connectivity index (χ1) is 19.3. The summed E-state index contributed by atoms with van der Waals surface area (Å²) in [6, 6.07) is 41.1. The van der Waals surface area contributed by atoms with E-state index in [2.05, 4.69) is 151 Å². The first kappa shape index (κ1) is 26.2. The van der Waals surface area contributed by atoms with Crippen molar-refractivity contribution in [2.24, 2.45) is 5.73 Å². The van der Waals surface area contributed by atoms with Crippen LogP contribution in [0, 0.1) is 0 Å². The summed E-state index contributed by atoms with van der Waals surface area (Å²) in [7, 11) is 0. The highest BCUT2D eigenvalue weighted by Gasteiger charge is 2.15. The Morgan fingerprint density at radius 2 is 1.13 bits per heavy atom. The highest BCUT2D eigenvalue weighted by Crippen LogP contribution is 2.36. The lowest BCUT2D eigenvalue weighted by Gasteiger charge is -2.21. The molecule has 39 heavy (non-hydrogen) atoms. The molecule has 0 saturated heterocycles. The standard InChI is InChI=1S/C37H36N2/c38-26-10-11-27-39-28-24-31(25-29-39)19-18-30-20-22-35(23-21-30)37(34-16-8-3-9-17-34)36(32-12-4-1-5-13-32)33-14-6-2-7-15-33/h1-9,12-25,28H,10-11,26-27,29,38H2/b19-18+. The predicted octanol–water partition coefficient (Wildman–Crippen LogP) is 8.20. The molecule has 1 aliphatic heterocycles. The zero-order valence-corrected chi connectivity index (χ0v) is 22.4. The molecule has 0 aliphatic carbocycles. The van der Waals surface area contributed by atoms with Crippen LogP contribution in [0.4, 0.5) is 0 Å². The smallest absolute Gasteiger partial charge is 0.0362 e. The Morgan fingerprint density at radius 3 is 1.59 bits per heavy atom. The largest absolute Gasteiger partial charge is 0.374 e. The highest BCUT2D eigenvalue weighted by molar-refractivity contribution is 6.04. The van der Waals surface area contributed by atoms with Gasteiger partial charge in [-0.3, -0.25) is 0 Å². The summed E-state index contributed by atoms with van der Waals surface area (Å²) < 4.78 is 0. The van der Waals surface area contributed by atoms with Gasteiger partial charge in [0.2, 0.25) is 0 Å². The molecule has 4 aromatic rings. The van der Waals surface area contributed by atoms with Gasteiger partial charge in [0.15, 0.2) is 0 Å². The second-order valence-corrected chi connectivity index (χ2v) is 9.81. The Labute approximate surface area is 233 Å². The predicted molar refractivity (Wildman–Crippen MR) is 167 cm³/mol. The van der Waals surface area contributed by atoms with Crippen LogP contribution in [0.1, 0.15) is 40.7 Å². The fourth-order valence-corrected chi connectivity index (χ4v) is 4.97. The minimum atomic E-state index is 0.766. The monoisotopic (exact) mass is 508 g/mol. The van der Waals surface area contributed by atoms with Crippen molar-refractivity contribution in [2.75, 3.05) is 19.6 Å². The highest BCUT2D eigenvalue weighted by atomic mass is 15.1. The Kier molecular flexibility index (Phi) is 9.02. The minimum Gasteiger partial charge on any atom is -0.374 e. The lowest BCUT2D eigenvalue weighted by Crippen LogP contribution is -2.21. The van der Waals surface area contributed by atoms with Crippen LogP contribution < -0.4 is 5.73 Å². The summed E-state index contributed by atoms with van der Waals surface area (Å²) in [5.74, 6) is 0. The van der Waals surface area contributed by atoms with Crippen LogP contribution in [0.2, 0.25) is 0 Å². The first-order valence-electron chi connectivity index (χ1n) is 13.8. The van der Waals surface area contributed by atoms with E-state index in [0.717, 1.165) is 32.5 Å². The van der Waals surface area contributed by atoms with Crippen molar-refractivity contribution in [1.82, 2.24) is 4.90 Å². The Morgan fingerprint density at radius 1 is 0.615 bits per heavy atom. The lowest BCUT2D eigenvalue weighted by atomic mass is 9.85. The Bertz CT molecular complexity index is 1400. The minimum absolute atomic E-state index is 0.766. The number of hydrogen-bond acceptors (Lipinski definition) is 2. The third-order valence-electron chi connectivity index (χ3n) is 7.04. The van der Waals surface area contributed by atoms with Gasteiger partial charge < -0.3 is 10.6 Å². The van der Waals surface area contributed by atoms with E-state index in [0.29, 0.717) is 0 Å². The van der Waals surface area contributed by atoms with E-state index in [4.69, 9.17) is 5.73 Å². The molecule has 0 bridgehead atoms. The summed E-state index contributed by atoms with van der Waals surface area (Å²) in [5.41, 5.74) is 15.3. The normalized spacial score (nSPS) is 12.9. The zero-order chi connectivity index (χ0) is 26.7. The van der Waals surface area contributed by atoms with Gasteiger partial charge >= 0.3 is 0 Å². The van der Waals surface area contributed by atoms with E-state index in [1.165, 1.54) is 44.5 Å². The molecule has 1 aliphatic rings. The molecule has 0 radical (unpaired) electrons. The number of benzene rings is 4. The van der Waals surface area contributed by atoms with E-state index in [-0.39, 0.29) is 0 Å². The number of unbranched alkanes of at least 4 members (excludes halogenated alkanes) is 1. The number of allylic oxidation sites excluding steroid dienone is 3. The molecule has 1 heterocycles. The number of nitrogens with zero attached hydrogens (tertiary/aromatic N) is 1. The molecule has 0 atom stereocenters. The summed E-state index contributed by atoms with van der Waals surface area (Å²) in [4.78, 5) is 2.34. The van der Waals surface area contributed by atoms with Crippen LogP contribution in [-0.2, 0) is 0 Å². The molecule has 4 aromatic carbocycles. The summed E-state index contributed by atoms with van der Waals surface area (Å²) >= 11 is 0. The third-order valence-corrected chi connectivity index (χ3v) is 7.04. The van der Waals surface area contributed by atoms with Crippen molar-refractivity contribution >= 4 is 17.2 Å². The maximum atomic E-state index is 5.62. The van der Waals surface area contributed by atoms with Crippen LogP contribution in [-0.4, -0.2) is 24.5 Å². The van der Waals surface area contributed by atoms with E-state index >= 15 is 0 Å². The maximum Gasteiger partial charge on any atom is 0.0362 e. The van der Waals surface area contributed by atoms with Crippen LogP contribution in [0.5, 0.6) is 0 Å². The van der Waals surface area contributed by atoms with Crippen LogP contribution in [0.25, 0.3) is 17.2 Å². The molecular weight excluding hydrogens is 472 g/mol. The van der Waals surface area contributed by atoms with Crippen molar-refractivity contribution in [2.45, 2.75) is 12.8 Å². The molecule has 0 saturated carbocycles. The number of hydrogen-bond donors (Lipinski definition) is 1. The van der Waals surface area contributed by atoms with E-state index in [1.54, 1.807) is 0 Å². The van der Waals surface area contributed by atoms with Gasteiger partial charge in [0.1, 0.15) is 0 Å².